The fourth-order valence-corrected chi connectivity index (χ4v) is 2.88. The van der Waals surface area contributed by atoms with Gasteiger partial charge < -0.3 is 10.5 Å². The second kappa shape index (κ2) is 7.33. The molecule has 3 aromatic rings. The minimum Gasteiger partial charge on any atom is -0.618 e. The molecule has 1 amide bonds. The van der Waals surface area contributed by atoms with Crippen molar-refractivity contribution >= 4 is 35.0 Å². The molecule has 0 bridgehead atoms. The number of aromatic nitrogens is 4. The number of benzene rings is 1. The number of carbonyl (C=O) groups is 1. The van der Waals surface area contributed by atoms with E-state index < -0.39 is 0 Å². The van der Waals surface area contributed by atoms with Crippen molar-refractivity contribution < 1.29 is 9.52 Å². The summed E-state index contributed by atoms with van der Waals surface area (Å²) < 4.78 is 2.25. The van der Waals surface area contributed by atoms with E-state index in [9.17, 15) is 10.0 Å². The molecule has 7 nitrogen and oxygen atoms in total. The van der Waals surface area contributed by atoms with E-state index in [2.05, 4.69) is 15.4 Å². The van der Waals surface area contributed by atoms with Crippen molar-refractivity contribution in [1.82, 2.24) is 14.8 Å². The summed E-state index contributed by atoms with van der Waals surface area (Å²) in [6.07, 6.45) is 4.32. The number of halogens is 1. The molecule has 2 heterocycles. The molecule has 0 spiro atoms. The van der Waals surface area contributed by atoms with Gasteiger partial charge in [-0.05, 0) is 36.0 Å². The topological polar surface area (TPSA) is 86.8 Å². The highest BCUT2D eigenvalue weighted by molar-refractivity contribution is 7.99. The van der Waals surface area contributed by atoms with E-state index in [1.54, 1.807) is 36.4 Å². The van der Waals surface area contributed by atoms with Crippen molar-refractivity contribution in [2.45, 2.75) is 5.03 Å². The van der Waals surface area contributed by atoms with Crippen molar-refractivity contribution in [2.75, 3.05) is 11.1 Å². The van der Waals surface area contributed by atoms with Gasteiger partial charge in [0.05, 0.1) is 17.1 Å². The SMILES string of the molecule is O=C(CSc1cccc[n+]1[O-])Nc1cc(Cl)ccc1-n1cncn1. The summed E-state index contributed by atoms with van der Waals surface area (Å²) >= 11 is 7.16. The quantitative estimate of drug-likeness (QED) is 0.428. The third-order valence-corrected chi connectivity index (χ3v) is 4.29. The first kappa shape index (κ1) is 16.3. The normalized spacial score (nSPS) is 10.5. The summed E-state index contributed by atoms with van der Waals surface area (Å²) in [4.78, 5) is 16.1. The van der Waals surface area contributed by atoms with E-state index in [-0.39, 0.29) is 11.7 Å². The van der Waals surface area contributed by atoms with Crippen LogP contribution in [0.15, 0.2) is 60.3 Å². The summed E-state index contributed by atoms with van der Waals surface area (Å²) in [5, 5.41) is 19.4. The van der Waals surface area contributed by atoms with Crippen LogP contribution in [0.4, 0.5) is 5.69 Å². The Labute approximate surface area is 146 Å². The number of nitrogens with zero attached hydrogens (tertiary/aromatic N) is 4. The summed E-state index contributed by atoms with van der Waals surface area (Å²) in [7, 11) is 0. The second-order valence-corrected chi connectivity index (χ2v) is 6.14. The maximum Gasteiger partial charge on any atom is 0.251 e. The zero-order chi connectivity index (χ0) is 16.9. The monoisotopic (exact) mass is 361 g/mol. The smallest absolute Gasteiger partial charge is 0.251 e. The first-order valence-electron chi connectivity index (χ1n) is 6.89. The number of anilines is 1. The summed E-state index contributed by atoms with van der Waals surface area (Å²) in [5.74, 6) is -0.164. The van der Waals surface area contributed by atoms with Crippen LogP contribution in [-0.4, -0.2) is 26.4 Å². The lowest BCUT2D eigenvalue weighted by Gasteiger charge is -2.11. The largest absolute Gasteiger partial charge is 0.618 e. The van der Waals surface area contributed by atoms with Crippen LogP contribution in [0.3, 0.4) is 0 Å². The van der Waals surface area contributed by atoms with Crippen LogP contribution in [-0.2, 0) is 4.79 Å². The van der Waals surface area contributed by atoms with E-state index in [4.69, 9.17) is 11.6 Å². The molecule has 0 unspecified atom stereocenters. The standard InChI is InChI=1S/C15H12ClN5O2S/c16-11-4-5-13(20-10-17-9-18-20)12(7-11)19-14(22)8-24-15-3-1-2-6-21(15)23/h1-7,9-10H,8H2,(H,19,22). The third kappa shape index (κ3) is 3.84. The van der Waals surface area contributed by atoms with Gasteiger partial charge in [0.25, 0.3) is 5.03 Å². The molecular formula is C15H12ClN5O2S. The Morgan fingerprint density at radius 2 is 2.25 bits per heavy atom. The van der Waals surface area contributed by atoms with Crippen molar-refractivity contribution in [3.8, 4) is 5.69 Å². The Hall–Kier alpha value is -2.58. The van der Waals surface area contributed by atoms with Gasteiger partial charge in [-0.3, -0.25) is 4.79 Å². The lowest BCUT2D eigenvalue weighted by atomic mass is 10.2. The van der Waals surface area contributed by atoms with Crippen LogP contribution < -0.4 is 10.0 Å². The van der Waals surface area contributed by atoms with Crippen LogP contribution in [0.5, 0.6) is 0 Å². The van der Waals surface area contributed by atoms with Crippen LogP contribution in [0.1, 0.15) is 0 Å². The molecule has 0 aliphatic carbocycles. The molecule has 2 aromatic heterocycles. The van der Waals surface area contributed by atoms with E-state index >= 15 is 0 Å². The van der Waals surface area contributed by atoms with E-state index in [1.165, 1.54) is 23.5 Å². The molecule has 0 atom stereocenters. The average molecular weight is 362 g/mol. The number of hydrogen-bond acceptors (Lipinski definition) is 5. The van der Waals surface area contributed by atoms with Crippen molar-refractivity contribution in [1.29, 1.82) is 0 Å². The Balaban J connectivity index is 1.72. The van der Waals surface area contributed by atoms with Crippen LogP contribution in [0, 0.1) is 5.21 Å². The third-order valence-electron chi connectivity index (χ3n) is 3.04. The van der Waals surface area contributed by atoms with Crippen molar-refractivity contribution in [3.63, 3.8) is 0 Å². The van der Waals surface area contributed by atoms with E-state index in [1.807, 2.05) is 0 Å². The van der Waals surface area contributed by atoms with Gasteiger partial charge in [0.15, 0.2) is 6.20 Å². The number of carbonyl (C=O) groups excluding carboxylic acids is 1. The highest BCUT2D eigenvalue weighted by Gasteiger charge is 2.12. The van der Waals surface area contributed by atoms with Crippen molar-refractivity contribution in [2.24, 2.45) is 0 Å². The second-order valence-electron chi connectivity index (χ2n) is 4.70. The highest BCUT2D eigenvalue weighted by atomic mass is 35.5. The van der Waals surface area contributed by atoms with Gasteiger partial charge in [-0.15, -0.1) is 0 Å². The summed E-state index contributed by atoms with van der Waals surface area (Å²) in [6, 6.07) is 10.1. The van der Waals surface area contributed by atoms with Gasteiger partial charge >= 0.3 is 0 Å². The number of hydrogen-bond donors (Lipinski definition) is 1. The van der Waals surface area contributed by atoms with Gasteiger partial charge in [0, 0.05) is 17.2 Å². The molecular weight excluding hydrogens is 350 g/mol. The molecule has 122 valence electrons. The molecule has 0 saturated heterocycles. The Morgan fingerprint density at radius 3 is 3.00 bits per heavy atom. The molecule has 9 heteroatoms. The van der Waals surface area contributed by atoms with E-state index in [0.29, 0.717) is 21.4 Å². The number of rotatable bonds is 5. The van der Waals surface area contributed by atoms with Crippen LogP contribution >= 0.6 is 23.4 Å². The molecule has 1 aromatic carbocycles. The fraction of sp³-hybridized carbons (Fsp3) is 0.0667. The highest BCUT2D eigenvalue weighted by Crippen LogP contribution is 2.24. The molecule has 0 fully saturated rings. The number of thioether (sulfide) groups is 1. The molecule has 0 saturated carbocycles. The van der Waals surface area contributed by atoms with Gasteiger partial charge in [0.1, 0.15) is 12.7 Å². The fourth-order valence-electron chi connectivity index (χ4n) is 1.99. The maximum absolute atomic E-state index is 12.2. The lowest BCUT2D eigenvalue weighted by molar-refractivity contribution is -0.645. The number of pyridine rings is 1. The Morgan fingerprint density at radius 1 is 1.38 bits per heavy atom. The molecule has 0 radical (unpaired) electrons. The number of nitrogens with one attached hydrogen (secondary N) is 1. The Kier molecular flexibility index (Phi) is 4.97. The number of amides is 1. The zero-order valence-corrected chi connectivity index (χ0v) is 13.9. The van der Waals surface area contributed by atoms with Crippen LogP contribution in [0.2, 0.25) is 5.02 Å². The molecule has 1 N–H and O–H groups in total. The molecule has 24 heavy (non-hydrogen) atoms. The predicted molar refractivity (Wildman–Crippen MR) is 91.1 cm³/mol. The average Bonchev–Trinajstić information content (AvgIpc) is 3.08. The minimum absolute atomic E-state index is 0.0928. The van der Waals surface area contributed by atoms with Gasteiger partial charge in [-0.25, -0.2) is 9.67 Å². The Bertz CT molecular complexity index is 857. The summed E-state index contributed by atoms with van der Waals surface area (Å²) in [6.45, 7) is 0. The van der Waals surface area contributed by atoms with E-state index in [0.717, 1.165) is 16.5 Å². The van der Waals surface area contributed by atoms with Crippen LogP contribution in [0.25, 0.3) is 5.69 Å². The lowest BCUT2D eigenvalue weighted by Crippen LogP contribution is -2.28. The predicted octanol–water partition coefficient (Wildman–Crippen LogP) is 2.28. The maximum atomic E-state index is 12.2. The first-order chi connectivity index (χ1) is 11.6. The van der Waals surface area contributed by atoms with Crippen molar-refractivity contribution in [3.05, 3.63) is 65.5 Å². The molecule has 0 aliphatic heterocycles. The van der Waals surface area contributed by atoms with Gasteiger partial charge in [-0.2, -0.15) is 9.83 Å². The minimum atomic E-state index is -0.257. The first-order valence-corrected chi connectivity index (χ1v) is 8.25. The molecule has 3 rings (SSSR count). The van der Waals surface area contributed by atoms with Gasteiger partial charge in [0.2, 0.25) is 5.91 Å². The molecule has 0 aliphatic rings. The zero-order valence-electron chi connectivity index (χ0n) is 12.3. The summed E-state index contributed by atoms with van der Waals surface area (Å²) in [5.41, 5.74) is 1.16. The van der Waals surface area contributed by atoms with Gasteiger partial charge in [-0.1, -0.05) is 11.6 Å².